The van der Waals surface area contributed by atoms with E-state index >= 15 is 0 Å². The maximum Gasteiger partial charge on any atom is 0.0641 e. The van der Waals surface area contributed by atoms with Gasteiger partial charge >= 0.3 is 0 Å². The number of benzene rings is 8. The van der Waals surface area contributed by atoms with Crippen molar-refractivity contribution >= 4 is 65.4 Å². The summed E-state index contributed by atoms with van der Waals surface area (Å²) in [6.07, 6.45) is 0. The zero-order valence-corrected chi connectivity index (χ0v) is 27.7. The van der Waals surface area contributed by atoms with E-state index in [0.29, 0.717) is 0 Å². The van der Waals surface area contributed by atoms with Crippen LogP contribution in [0, 0.1) is 0 Å². The lowest BCUT2D eigenvalue weighted by molar-refractivity contribution is 1.17. The van der Waals surface area contributed by atoms with Crippen LogP contribution in [-0.4, -0.2) is 13.7 Å². The third kappa shape index (κ3) is 4.00. The molecule has 3 heterocycles. The lowest BCUT2D eigenvalue weighted by atomic mass is 9.99. The van der Waals surface area contributed by atoms with Crippen molar-refractivity contribution in [2.24, 2.45) is 0 Å². The molecule has 11 rings (SSSR count). The highest BCUT2D eigenvalue weighted by atomic mass is 15.0. The fraction of sp³-hybridized carbons (Fsp3) is 0. The number of aromatic nitrogens is 3. The summed E-state index contributed by atoms with van der Waals surface area (Å²) in [4.78, 5) is 0. The van der Waals surface area contributed by atoms with E-state index in [-0.39, 0.29) is 0 Å². The molecule has 0 bridgehead atoms. The minimum Gasteiger partial charge on any atom is -0.309 e. The van der Waals surface area contributed by atoms with Crippen LogP contribution in [0.5, 0.6) is 0 Å². The van der Waals surface area contributed by atoms with Gasteiger partial charge in [0.25, 0.3) is 0 Å². The van der Waals surface area contributed by atoms with Crippen molar-refractivity contribution in [1.29, 1.82) is 0 Å². The van der Waals surface area contributed by atoms with Crippen LogP contribution in [0.25, 0.3) is 93.6 Å². The molecule has 0 aliphatic rings. The molecule has 0 aliphatic heterocycles. The number of hydrogen-bond acceptors (Lipinski definition) is 0. The number of rotatable bonds is 4. The zero-order chi connectivity index (χ0) is 33.5. The van der Waals surface area contributed by atoms with Crippen LogP contribution in [0.3, 0.4) is 0 Å². The monoisotopic (exact) mass is 649 g/mol. The number of para-hydroxylation sites is 5. The molecule has 3 aromatic heterocycles. The van der Waals surface area contributed by atoms with Crippen molar-refractivity contribution < 1.29 is 0 Å². The smallest absolute Gasteiger partial charge is 0.0641 e. The molecule has 0 fully saturated rings. The Labute approximate surface area is 294 Å². The van der Waals surface area contributed by atoms with Gasteiger partial charge in [0.2, 0.25) is 0 Å². The Balaban J connectivity index is 1.14. The molecule has 0 spiro atoms. The van der Waals surface area contributed by atoms with Gasteiger partial charge in [-0.05, 0) is 77.9 Å². The Bertz CT molecular complexity index is 3110. The van der Waals surface area contributed by atoms with Crippen LogP contribution < -0.4 is 0 Å². The maximum absolute atomic E-state index is 2.44. The van der Waals surface area contributed by atoms with Crippen LogP contribution in [0.2, 0.25) is 0 Å². The van der Waals surface area contributed by atoms with Crippen LogP contribution >= 0.6 is 0 Å². The fourth-order valence-corrected chi connectivity index (χ4v) is 8.54. The average Bonchev–Trinajstić information content (AvgIpc) is 3.84. The summed E-state index contributed by atoms with van der Waals surface area (Å²) in [5.74, 6) is 0. The zero-order valence-electron chi connectivity index (χ0n) is 27.7. The predicted molar refractivity (Wildman–Crippen MR) is 215 cm³/mol. The van der Waals surface area contributed by atoms with Crippen molar-refractivity contribution in [1.82, 2.24) is 13.7 Å². The van der Waals surface area contributed by atoms with Crippen molar-refractivity contribution in [3.8, 4) is 28.2 Å². The first-order valence-electron chi connectivity index (χ1n) is 17.5. The predicted octanol–water partition coefficient (Wildman–Crippen LogP) is 12.6. The van der Waals surface area contributed by atoms with Gasteiger partial charge in [0.15, 0.2) is 0 Å². The average molecular weight is 650 g/mol. The van der Waals surface area contributed by atoms with Gasteiger partial charge in [-0.25, -0.2) is 0 Å². The quantitative estimate of drug-likeness (QED) is 0.180. The van der Waals surface area contributed by atoms with Gasteiger partial charge < -0.3 is 13.7 Å². The molecule has 11 aromatic rings. The van der Waals surface area contributed by atoms with Crippen LogP contribution in [0.4, 0.5) is 0 Å². The van der Waals surface area contributed by atoms with Crippen molar-refractivity contribution in [3.63, 3.8) is 0 Å². The first-order chi connectivity index (χ1) is 25.3. The minimum absolute atomic E-state index is 1.14. The number of fused-ring (bicyclic) bond motifs is 10. The Morgan fingerprint density at radius 2 is 0.725 bits per heavy atom. The normalized spacial score (nSPS) is 11.9. The van der Waals surface area contributed by atoms with Crippen LogP contribution in [-0.2, 0) is 0 Å². The molecular weight excluding hydrogens is 619 g/mol. The van der Waals surface area contributed by atoms with Gasteiger partial charge in [0.05, 0.1) is 33.1 Å². The highest BCUT2D eigenvalue weighted by Crippen LogP contribution is 2.43. The van der Waals surface area contributed by atoms with E-state index in [1.165, 1.54) is 87.9 Å². The number of nitrogens with zero attached hydrogens (tertiary/aromatic N) is 3. The molecule has 8 aromatic carbocycles. The second kappa shape index (κ2) is 10.8. The minimum atomic E-state index is 1.14. The SMILES string of the molecule is c1ccc(-n2c3ccccc3c3c(-c4ccc(-n5c6ccccc6c6c5ccc5c7ccccc7n(-c7ccccc7)c56)cc4)cccc32)cc1. The van der Waals surface area contributed by atoms with E-state index in [2.05, 4.69) is 202 Å². The van der Waals surface area contributed by atoms with Crippen molar-refractivity contribution in [3.05, 3.63) is 188 Å². The Morgan fingerprint density at radius 1 is 0.255 bits per heavy atom. The summed E-state index contributed by atoms with van der Waals surface area (Å²) in [7, 11) is 0. The molecule has 3 heteroatoms. The van der Waals surface area contributed by atoms with Gasteiger partial charge in [-0.1, -0.05) is 121 Å². The highest BCUT2D eigenvalue weighted by molar-refractivity contribution is 6.26. The van der Waals surface area contributed by atoms with Crippen molar-refractivity contribution in [2.45, 2.75) is 0 Å². The molecule has 0 amide bonds. The molecule has 0 atom stereocenters. The Hall–Kier alpha value is -6.84. The topological polar surface area (TPSA) is 14.8 Å². The van der Waals surface area contributed by atoms with Gasteiger partial charge in [-0.2, -0.15) is 0 Å². The summed E-state index contributed by atoms with van der Waals surface area (Å²) in [6, 6.07) is 68.3. The molecule has 0 radical (unpaired) electrons. The third-order valence-corrected chi connectivity index (χ3v) is 10.6. The van der Waals surface area contributed by atoms with E-state index in [1.807, 2.05) is 0 Å². The van der Waals surface area contributed by atoms with Crippen LogP contribution in [0.1, 0.15) is 0 Å². The van der Waals surface area contributed by atoms with Gasteiger partial charge in [-0.3, -0.25) is 0 Å². The van der Waals surface area contributed by atoms with Gasteiger partial charge in [0.1, 0.15) is 0 Å². The molecule has 0 aliphatic carbocycles. The van der Waals surface area contributed by atoms with Gasteiger partial charge in [0, 0.05) is 49.4 Å². The van der Waals surface area contributed by atoms with E-state index in [1.54, 1.807) is 0 Å². The standard InChI is InChI=1S/C48H31N3/c1-3-14-33(15-4-1)49-42-23-11-8-19-39(42)46-36(21-13-25-44(46)49)32-26-28-35(29-27-32)50-43-24-12-9-20-40(43)47-45(50)31-30-38-37-18-7-10-22-41(37)51(48(38)47)34-16-5-2-6-17-34/h1-31H. The summed E-state index contributed by atoms with van der Waals surface area (Å²) in [6.45, 7) is 0. The Morgan fingerprint density at radius 3 is 1.37 bits per heavy atom. The van der Waals surface area contributed by atoms with E-state index in [4.69, 9.17) is 0 Å². The fourth-order valence-electron chi connectivity index (χ4n) is 8.54. The number of hydrogen-bond donors (Lipinski definition) is 0. The Kier molecular flexibility index (Phi) is 5.96. The second-order valence-electron chi connectivity index (χ2n) is 13.3. The largest absolute Gasteiger partial charge is 0.309 e. The molecule has 51 heavy (non-hydrogen) atoms. The van der Waals surface area contributed by atoms with E-state index < -0.39 is 0 Å². The summed E-state index contributed by atoms with van der Waals surface area (Å²) in [5.41, 5.74) is 13.2. The maximum atomic E-state index is 2.44. The van der Waals surface area contributed by atoms with Crippen molar-refractivity contribution in [2.75, 3.05) is 0 Å². The molecule has 0 N–H and O–H groups in total. The third-order valence-electron chi connectivity index (χ3n) is 10.6. The lowest BCUT2D eigenvalue weighted by Gasteiger charge is -2.11. The summed E-state index contributed by atoms with van der Waals surface area (Å²) < 4.78 is 7.26. The van der Waals surface area contributed by atoms with E-state index in [0.717, 1.165) is 5.69 Å². The molecular formula is C48H31N3. The van der Waals surface area contributed by atoms with Gasteiger partial charge in [-0.15, -0.1) is 0 Å². The first kappa shape index (κ1) is 28.0. The molecule has 238 valence electrons. The summed E-state index contributed by atoms with van der Waals surface area (Å²) >= 11 is 0. The lowest BCUT2D eigenvalue weighted by Crippen LogP contribution is -1.95. The highest BCUT2D eigenvalue weighted by Gasteiger charge is 2.21. The van der Waals surface area contributed by atoms with E-state index in [9.17, 15) is 0 Å². The second-order valence-corrected chi connectivity index (χ2v) is 13.3. The van der Waals surface area contributed by atoms with Crippen LogP contribution in [0.15, 0.2) is 188 Å². The molecule has 0 saturated carbocycles. The summed E-state index contributed by atoms with van der Waals surface area (Å²) in [5, 5.41) is 7.59. The molecule has 3 nitrogen and oxygen atoms in total. The molecule has 0 unspecified atom stereocenters. The molecule has 0 saturated heterocycles. The first-order valence-corrected chi connectivity index (χ1v) is 17.5.